The first-order chi connectivity index (χ1) is 8.90. The van der Waals surface area contributed by atoms with Gasteiger partial charge in [0.1, 0.15) is 6.04 Å². The van der Waals surface area contributed by atoms with E-state index in [0.717, 1.165) is 13.1 Å². The minimum absolute atomic E-state index is 0.0766. The number of carboxylic acid groups (broad SMARTS) is 1. The molecule has 1 rings (SSSR count). The lowest BCUT2D eigenvalue weighted by atomic mass is 10.2. The molecular weight excluding hydrogens is 250 g/mol. The number of amides is 2. The first-order valence-electron chi connectivity index (χ1n) is 6.40. The van der Waals surface area contributed by atoms with Gasteiger partial charge in [-0.15, -0.1) is 0 Å². The van der Waals surface area contributed by atoms with Gasteiger partial charge in [0.25, 0.3) is 0 Å². The minimum atomic E-state index is -1.04. The molecule has 0 aliphatic carbocycles. The van der Waals surface area contributed by atoms with E-state index in [0.29, 0.717) is 19.6 Å². The van der Waals surface area contributed by atoms with E-state index in [-0.39, 0.29) is 18.2 Å². The standard InChI is InChI=1S/C12H21N3O4/c1-9(12(18)19)13-11(17)3-4-14-5-7-15(8-6-14)10(2)16/h9H,3-8H2,1-2H3,(H,13,17)(H,18,19). The Morgan fingerprint density at radius 1 is 1.21 bits per heavy atom. The third-order valence-electron chi connectivity index (χ3n) is 3.22. The van der Waals surface area contributed by atoms with Crippen molar-refractivity contribution in [1.29, 1.82) is 0 Å². The molecule has 1 fully saturated rings. The second kappa shape index (κ2) is 7.08. The van der Waals surface area contributed by atoms with Crippen molar-refractivity contribution in [2.75, 3.05) is 32.7 Å². The smallest absolute Gasteiger partial charge is 0.325 e. The zero-order valence-corrected chi connectivity index (χ0v) is 11.4. The predicted molar refractivity (Wildman–Crippen MR) is 68.6 cm³/mol. The summed E-state index contributed by atoms with van der Waals surface area (Å²) in [7, 11) is 0. The van der Waals surface area contributed by atoms with Gasteiger partial charge in [0.05, 0.1) is 0 Å². The highest BCUT2D eigenvalue weighted by Gasteiger charge is 2.19. The summed E-state index contributed by atoms with van der Waals surface area (Å²) >= 11 is 0. The first-order valence-corrected chi connectivity index (χ1v) is 6.40. The van der Waals surface area contributed by atoms with Crippen LogP contribution in [0.3, 0.4) is 0 Å². The first kappa shape index (κ1) is 15.4. The maximum Gasteiger partial charge on any atom is 0.325 e. The van der Waals surface area contributed by atoms with Crippen LogP contribution in [0.1, 0.15) is 20.3 Å². The van der Waals surface area contributed by atoms with Gasteiger partial charge in [-0.2, -0.15) is 0 Å². The fraction of sp³-hybridized carbons (Fsp3) is 0.750. The molecular formula is C12H21N3O4. The molecule has 108 valence electrons. The van der Waals surface area contributed by atoms with Crippen LogP contribution in [-0.2, 0) is 14.4 Å². The number of nitrogens with one attached hydrogen (secondary N) is 1. The van der Waals surface area contributed by atoms with Crippen LogP contribution in [-0.4, -0.2) is 71.5 Å². The molecule has 7 heteroatoms. The second-order valence-corrected chi connectivity index (χ2v) is 4.73. The van der Waals surface area contributed by atoms with Gasteiger partial charge in [0.2, 0.25) is 11.8 Å². The molecule has 0 saturated carbocycles. The van der Waals surface area contributed by atoms with Crippen molar-refractivity contribution in [2.45, 2.75) is 26.3 Å². The van der Waals surface area contributed by atoms with Gasteiger partial charge in [-0.3, -0.25) is 19.3 Å². The van der Waals surface area contributed by atoms with Crippen molar-refractivity contribution >= 4 is 17.8 Å². The van der Waals surface area contributed by atoms with Gasteiger partial charge in [0, 0.05) is 46.1 Å². The van der Waals surface area contributed by atoms with Gasteiger partial charge in [-0.05, 0) is 6.92 Å². The molecule has 0 aromatic rings. The Kier molecular flexibility index (Phi) is 5.75. The molecule has 19 heavy (non-hydrogen) atoms. The number of carboxylic acids is 1. The summed E-state index contributed by atoms with van der Waals surface area (Å²) < 4.78 is 0. The second-order valence-electron chi connectivity index (χ2n) is 4.73. The van der Waals surface area contributed by atoms with Crippen LogP contribution < -0.4 is 5.32 Å². The summed E-state index contributed by atoms with van der Waals surface area (Å²) in [5.41, 5.74) is 0. The van der Waals surface area contributed by atoms with Gasteiger partial charge in [-0.25, -0.2) is 0 Å². The molecule has 1 atom stereocenters. The van der Waals surface area contributed by atoms with Crippen LogP contribution in [0.15, 0.2) is 0 Å². The highest BCUT2D eigenvalue weighted by molar-refractivity contribution is 5.83. The van der Waals surface area contributed by atoms with Crippen molar-refractivity contribution in [3.05, 3.63) is 0 Å². The molecule has 0 bridgehead atoms. The number of piperazine rings is 1. The quantitative estimate of drug-likeness (QED) is 0.678. The summed E-state index contributed by atoms with van der Waals surface area (Å²) in [6, 6.07) is -0.859. The van der Waals surface area contributed by atoms with E-state index in [2.05, 4.69) is 10.2 Å². The van der Waals surface area contributed by atoms with Gasteiger partial charge < -0.3 is 15.3 Å². The van der Waals surface area contributed by atoms with Gasteiger partial charge in [-0.1, -0.05) is 0 Å². The molecule has 2 amide bonds. The molecule has 0 aromatic carbocycles. The fourth-order valence-electron chi connectivity index (χ4n) is 1.92. The Morgan fingerprint density at radius 3 is 2.26 bits per heavy atom. The Labute approximate surface area is 112 Å². The number of carbonyl (C=O) groups is 3. The number of aliphatic carboxylic acids is 1. The van der Waals surface area contributed by atoms with Crippen molar-refractivity contribution < 1.29 is 19.5 Å². The average Bonchev–Trinajstić information content (AvgIpc) is 2.36. The van der Waals surface area contributed by atoms with Crippen LogP contribution in [0.4, 0.5) is 0 Å². The Hall–Kier alpha value is -1.63. The largest absolute Gasteiger partial charge is 0.480 e. The molecule has 1 heterocycles. The van der Waals surface area contributed by atoms with Crippen molar-refractivity contribution in [3.8, 4) is 0 Å². The maximum absolute atomic E-state index is 11.5. The van der Waals surface area contributed by atoms with Crippen molar-refractivity contribution in [3.63, 3.8) is 0 Å². The topological polar surface area (TPSA) is 90.0 Å². The highest BCUT2D eigenvalue weighted by atomic mass is 16.4. The van der Waals surface area contributed by atoms with E-state index < -0.39 is 12.0 Å². The zero-order chi connectivity index (χ0) is 14.4. The van der Waals surface area contributed by atoms with Crippen LogP contribution in [0.2, 0.25) is 0 Å². The van der Waals surface area contributed by atoms with Gasteiger partial charge in [0.15, 0.2) is 0 Å². The van der Waals surface area contributed by atoms with E-state index >= 15 is 0 Å². The Bertz CT molecular complexity index is 351. The predicted octanol–water partition coefficient (Wildman–Crippen LogP) is -0.870. The summed E-state index contributed by atoms with van der Waals surface area (Å²) in [5.74, 6) is -1.22. The van der Waals surface area contributed by atoms with E-state index in [4.69, 9.17) is 5.11 Å². The number of hydrogen-bond acceptors (Lipinski definition) is 4. The third-order valence-corrected chi connectivity index (χ3v) is 3.22. The van der Waals surface area contributed by atoms with Crippen LogP contribution >= 0.6 is 0 Å². The number of carbonyl (C=O) groups excluding carboxylic acids is 2. The molecule has 0 radical (unpaired) electrons. The normalized spacial score (nSPS) is 17.9. The summed E-state index contributed by atoms with van der Waals surface area (Å²) in [6.45, 7) is 6.44. The minimum Gasteiger partial charge on any atom is -0.480 e. The SMILES string of the molecule is CC(=O)N1CCN(CCC(=O)NC(C)C(=O)O)CC1. The Morgan fingerprint density at radius 2 is 1.79 bits per heavy atom. The Balaban J connectivity index is 2.22. The van der Waals surface area contributed by atoms with E-state index in [1.807, 2.05) is 0 Å². The maximum atomic E-state index is 11.5. The molecule has 1 aliphatic heterocycles. The van der Waals surface area contributed by atoms with Crippen molar-refractivity contribution in [1.82, 2.24) is 15.1 Å². The lowest BCUT2D eigenvalue weighted by Gasteiger charge is -2.34. The molecule has 2 N–H and O–H groups in total. The molecule has 1 unspecified atom stereocenters. The summed E-state index contributed by atoms with van der Waals surface area (Å²) in [5, 5.41) is 11.1. The third kappa shape index (κ3) is 5.25. The lowest BCUT2D eigenvalue weighted by Crippen LogP contribution is -2.49. The molecule has 1 aliphatic rings. The number of rotatable bonds is 5. The van der Waals surface area contributed by atoms with E-state index in [9.17, 15) is 14.4 Å². The van der Waals surface area contributed by atoms with E-state index in [1.54, 1.807) is 11.8 Å². The molecule has 0 aromatic heterocycles. The van der Waals surface area contributed by atoms with E-state index in [1.165, 1.54) is 6.92 Å². The van der Waals surface area contributed by atoms with Crippen LogP contribution in [0, 0.1) is 0 Å². The van der Waals surface area contributed by atoms with Gasteiger partial charge >= 0.3 is 5.97 Å². The molecule has 7 nitrogen and oxygen atoms in total. The van der Waals surface area contributed by atoms with Crippen LogP contribution in [0.5, 0.6) is 0 Å². The average molecular weight is 271 g/mol. The number of nitrogens with zero attached hydrogens (tertiary/aromatic N) is 2. The number of hydrogen-bond donors (Lipinski definition) is 2. The monoisotopic (exact) mass is 271 g/mol. The fourth-order valence-corrected chi connectivity index (χ4v) is 1.92. The molecule has 0 spiro atoms. The summed E-state index contributed by atoms with van der Waals surface area (Å²) in [6.07, 6.45) is 0.275. The lowest BCUT2D eigenvalue weighted by molar-refractivity contribution is -0.141. The van der Waals surface area contributed by atoms with Crippen molar-refractivity contribution in [2.24, 2.45) is 0 Å². The van der Waals surface area contributed by atoms with Crippen LogP contribution in [0.25, 0.3) is 0 Å². The zero-order valence-electron chi connectivity index (χ0n) is 11.4. The summed E-state index contributed by atoms with van der Waals surface area (Å²) in [4.78, 5) is 37.1. The molecule has 1 saturated heterocycles. The highest BCUT2D eigenvalue weighted by Crippen LogP contribution is 2.02.